The van der Waals surface area contributed by atoms with Crippen LogP contribution in [0.2, 0.25) is 0 Å². The second kappa shape index (κ2) is 6.16. The molecule has 0 aromatic carbocycles. The van der Waals surface area contributed by atoms with Crippen LogP contribution in [0.1, 0.15) is 9.88 Å². The largest absolute Gasteiger partial charge is 0.479 e. The van der Waals surface area contributed by atoms with Gasteiger partial charge in [0.15, 0.2) is 6.10 Å². The first-order valence-electron chi connectivity index (χ1n) is 4.83. The molecule has 1 aromatic rings. The summed E-state index contributed by atoms with van der Waals surface area (Å²) < 4.78 is 0. The van der Waals surface area contributed by atoms with Crippen molar-refractivity contribution in [2.45, 2.75) is 19.6 Å². The van der Waals surface area contributed by atoms with Crippen molar-refractivity contribution in [3.05, 3.63) is 16.1 Å². The van der Waals surface area contributed by atoms with Gasteiger partial charge in [-0.3, -0.25) is 0 Å². The highest BCUT2D eigenvalue weighted by atomic mass is 32.1. The van der Waals surface area contributed by atoms with E-state index in [0.717, 1.165) is 9.88 Å². The summed E-state index contributed by atoms with van der Waals surface area (Å²) in [7, 11) is 0. The van der Waals surface area contributed by atoms with Gasteiger partial charge in [-0.1, -0.05) is 0 Å². The maximum atomic E-state index is 11.2. The number of amides is 2. The number of hydrogen-bond acceptors (Lipinski definition) is 5. The fourth-order valence-electron chi connectivity index (χ4n) is 0.978. The van der Waals surface area contributed by atoms with E-state index in [-0.39, 0.29) is 13.1 Å². The summed E-state index contributed by atoms with van der Waals surface area (Å²) in [5.74, 6) is -1.37. The average Bonchev–Trinajstić information content (AvgIpc) is 2.69. The Labute approximate surface area is 101 Å². The lowest BCUT2D eigenvalue weighted by Crippen LogP contribution is -2.41. The number of aryl methyl sites for hydroxylation is 1. The van der Waals surface area contributed by atoms with E-state index >= 15 is 0 Å². The van der Waals surface area contributed by atoms with Crippen molar-refractivity contribution in [3.8, 4) is 0 Å². The summed E-state index contributed by atoms with van der Waals surface area (Å²) in [5, 5.41) is 22.8. The van der Waals surface area contributed by atoms with Crippen molar-refractivity contribution in [1.29, 1.82) is 0 Å². The monoisotopic (exact) mass is 259 g/mol. The molecule has 0 unspecified atom stereocenters. The molecule has 0 radical (unpaired) electrons. The zero-order valence-corrected chi connectivity index (χ0v) is 9.95. The van der Waals surface area contributed by atoms with Crippen molar-refractivity contribution in [2.75, 3.05) is 6.54 Å². The SMILES string of the molecule is Cc1cnc(CNC(=O)NC[C@H](O)C(=O)O)s1. The Hall–Kier alpha value is -1.67. The van der Waals surface area contributed by atoms with Gasteiger partial charge in [0.2, 0.25) is 0 Å². The number of nitrogens with one attached hydrogen (secondary N) is 2. The van der Waals surface area contributed by atoms with E-state index in [2.05, 4.69) is 15.6 Å². The Kier molecular flexibility index (Phi) is 4.85. The molecule has 4 N–H and O–H groups in total. The van der Waals surface area contributed by atoms with Crippen LogP contribution in [0.4, 0.5) is 4.79 Å². The highest BCUT2D eigenvalue weighted by Crippen LogP contribution is 2.10. The molecule has 8 heteroatoms. The molecular formula is C9H13N3O4S. The van der Waals surface area contributed by atoms with Crippen LogP contribution in [0.3, 0.4) is 0 Å². The van der Waals surface area contributed by atoms with Gasteiger partial charge < -0.3 is 20.8 Å². The number of aliphatic hydroxyl groups is 1. The van der Waals surface area contributed by atoms with Gasteiger partial charge in [-0.05, 0) is 6.92 Å². The minimum atomic E-state index is -1.59. The molecule has 17 heavy (non-hydrogen) atoms. The third-order valence-corrected chi connectivity index (χ3v) is 2.72. The Balaban J connectivity index is 2.24. The van der Waals surface area contributed by atoms with Crippen LogP contribution in [-0.4, -0.2) is 39.8 Å². The van der Waals surface area contributed by atoms with Crippen LogP contribution in [0.5, 0.6) is 0 Å². The zero-order chi connectivity index (χ0) is 12.8. The molecule has 7 nitrogen and oxygen atoms in total. The van der Waals surface area contributed by atoms with Crippen molar-refractivity contribution >= 4 is 23.3 Å². The van der Waals surface area contributed by atoms with E-state index in [0.29, 0.717) is 0 Å². The minimum absolute atomic E-state index is 0.271. The fraction of sp³-hybridized carbons (Fsp3) is 0.444. The number of carboxylic acid groups (broad SMARTS) is 1. The molecule has 0 aliphatic heterocycles. The van der Waals surface area contributed by atoms with Gasteiger partial charge in [-0.15, -0.1) is 11.3 Å². The van der Waals surface area contributed by atoms with Gasteiger partial charge in [0.05, 0.1) is 13.1 Å². The lowest BCUT2D eigenvalue weighted by Gasteiger charge is -2.08. The molecule has 2 amide bonds. The number of nitrogens with zero attached hydrogens (tertiary/aromatic N) is 1. The molecule has 1 rings (SSSR count). The van der Waals surface area contributed by atoms with Crippen LogP contribution in [-0.2, 0) is 11.3 Å². The van der Waals surface area contributed by atoms with Gasteiger partial charge in [-0.2, -0.15) is 0 Å². The normalized spacial score (nSPS) is 11.9. The number of carboxylic acids is 1. The molecule has 0 aliphatic carbocycles. The van der Waals surface area contributed by atoms with Crippen molar-refractivity contribution < 1.29 is 19.8 Å². The number of aliphatic hydroxyl groups excluding tert-OH is 1. The Morgan fingerprint density at radius 1 is 1.53 bits per heavy atom. The fourth-order valence-corrected chi connectivity index (χ4v) is 1.71. The van der Waals surface area contributed by atoms with E-state index in [9.17, 15) is 9.59 Å². The Morgan fingerprint density at radius 3 is 2.76 bits per heavy atom. The predicted molar refractivity (Wildman–Crippen MR) is 60.7 cm³/mol. The highest BCUT2D eigenvalue weighted by Gasteiger charge is 2.13. The van der Waals surface area contributed by atoms with Gasteiger partial charge in [0, 0.05) is 11.1 Å². The maximum absolute atomic E-state index is 11.2. The van der Waals surface area contributed by atoms with Crippen LogP contribution >= 0.6 is 11.3 Å². The average molecular weight is 259 g/mol. The molecule has 0 fully saturated rings. The summed E-state index contributed by atoms with van der Waals surface area (Å²) in [5.41, 5.74) is 0. The quantitative estimate of drug-likeness (QED) is 0.580. The topological polar surface area (TPSA) is 112 Å². The number of rotatable bonds is 5. The number of carbonyl (C=O) groups excluding carboxylic acids is 1. The first-order chi connectivity index (χ1) is 7.99. The lowest BCUT2D eigenvalue weighted by atomic mass is 10.4. The summed E-state index contributed by atoms with van der Waals surface area (Å²) in [4.78, 5) is 26.6. The molecule has 0 bridgehead atoms. The molecule has 0 aliphatic rings. The summed E-state index contributed by atoms with van der Waals surface area (Å²) >= 11 is 1.46. The van der Waals surface area contributed by atoms with Crippen molar-refractivity contribution in [3.63, 3.8) is 0 Å². The minimum Gasteiger partial charge on any atom is -0.479 e. The summed E-state index contributed by atoms with van der Waals surface area (Å²) in [6, 6.07) is -0.543. The van der Waals surface area contributed by atoms with Gasteiger partial charge in [0.25, 0.3) is 0 Å². The third kappa shape index (κ3) is 4.79. The summed E-state index contributed by atoms with van der Waals surface area (Å²) in [6.45, 7) is 1.84. The maximum Gasteiger partial charge on any atom is 0.334 e. The number of hydrogen-bond donors (Lipinski definition) is 4. The standard InChI is InChI=1S/C9H13N3O4S/c1-5-2-10-7(17-5)4-12-9(16)11-3-6(13)8(14)15/h2,6,13H,3-4H2,1H3,(H,14,15)(H2,11,12,16)/t6-/m0/s1. The number of aromatic nitrogens is 1. The molecule has 1 aromatic heterocycles. The Morgan fingerprint density at radius 2 is 2.24 bits per heavy atom. The molecule has 1 heterocycles. The van der Waals surface area contributed by atoms with E-state index in [1.807, 2.05) is 6.92 Å². The number of carbonyl (C=O) groups is 2. The van der Waals surface area contributed by atoms with E-state index in [1.165, 1.54) is 11.3 Å². The molecule has 0 spiro atoms. The highest BCUT2D eigenvalue weighted by molar-refractivity contribution is 7.11. The number of thiazole rings is 1. The molecule has 1 atom stereocenters. The van der Waals surface area contributed by atoms with Crippen LogP contribution in [0.25, 0.3) is 0 Å². The Bertz CT molecular complexity index is 407. The van der Waals surface area contributed by atoms with E-state index in [1.54, 1.807) is 6.20 Å². The first kappa shape index (κ1) is 13.4. The van der Waals surface area contributed by atoms with Gasteiger partial charge >= 0.3 is 12.0 Å². The lowest BCUT2D eigenvalue weighted by molar-refractivity contribution is -0.146. The first-order valence-corrected chi connectivity index (χ1v) is 5.64. The van der Waals surface area contributed by atoms with Gasteiger partial charge in [-0.25, -0.2) is 14.6 Å². The molecular weight excluding hydrogens is 246 g/mol. The van der Waals surface area contributed by atoms with Crippen molar-refractivity contribution in [2.24, 2.45) is 0 Å². The number of urea groups is 1. The van der Waals surface area contributed by atoms with Gasteiger partial charge in [0.1, 0.15) is 5.01 Å². The smallest absolute Gasteiger partial charge is 0.334 e. The predicted octanol–water partition coefficient (Wildman–Crippen LogP) is -0.304. The second-order valence-corrected chi connectivity index (χ2v) is 4.60. The van der Waals surface area contributed by atoms with E-state index < -0.39 is 18.1 Å². The van der Waals surface area contributed by atoms with Crippen LogP contribution in [0.15, 0.2) is 6.20 Å². The third-order valence-electron chi connectivity index (χ3n) is 1.81. The second-order valence-electron chi connectivity index (χ2n) is 3.28. The van der Waals surface area contributed by atoms with Crippen molar-refractivity contribution in [1.82, 2.24) is 15.6 Å². The number of aliphatic carboxylic acids is 1. The van der Waals surface area contributed by atoms with E-state index in [4.69, 9.17) is 10.2 Å². The van der Waals surface area contributed by atoms with Crippen LogP contribution in [0, 0.1) is 6.92 Å². The molecule has 0 saturated heterocycles. The summed E-state index contributed by atoms with van der Waals surface area (Å²) in [6.07, 6.45) is 0.108. The van der Waals surface area contributed by atoms with Crippen LogP contribution < -0.4 is 10.6 Å². The molecule has 94 valence electrons. The molecule has 0 saturated carbocycles. The zero-order valence-electron chi connectivity index (χ0n) is 9.14.